The van der Waals surface area contributed by atoms with Crippen LogP contribution in [0.2, 0.25) is 0 Å². The summed E-state index contributed by atoms with van der Waals surface area (Å²) in [5.41, 5.74) is 0.384. The van der Waals surface area contributed by atoms with Gasteiger partial charge in [-0.05, 0) is 35.5 Å². The van der Waals surface area contributed by atoms with Gasteiger partial charge in [-0.1, -0.05) is 41.5 Å². The normalized spacial score (nSPS) is 31.8. The lowest BCUT2D eigenvalue weighted by atomic mass is 9.66. The molecule has 1 rings (SSSR count). The Morgan fingerprint density at radius 2 is 1.12 bits per heavy atom. The summed E-state index contributed by atoms with van der Waals surface area (Å²) in [6.45, 7) is 13.4. The second-order valence-electron chi connectivity index (χ2n) is 7.87. The van der Waals surface area contributed by atoms with Crippen molar-refractivity contribution < 1.29 is 8.42 Å². The Bertz CT molecular complexity index is 346. The molecule has 1 fully saturated rings. The van der Waals surface area contributed by atoms with Crippen LogP contribution >= 0.6 is 0 Å². The van der Waals surface area contributed by atoms with Crippen LogP contribution in [0.3, 0.4) is 0 Å². The minimum absolute atomic E-state index is 0.129. The van der Waals surface area contributed by atoms with E-state index in [9.17, 15) is 8.42 Å². The monoisotopic (exact) mass is 260 g/mol. The summed E-state index contributed by atoms with van der Waals surface area (Å²) in [5.74, 6) is 1.00. The quantitative estimate of drug-likeness (QED) is 0.723. The first kappa shape index (κ1) is 15.0. The van der Waals surface area contributed by atoms with Crippen LogP contribution in [0.1, 0.15) is 54.4 Å². The molecule has 0 heterocycles. The summed E-state index contributed by atoms with van der Waals surface area (Å²) in [7, 11) is -2.89. The number of hydrogen-bond acceptors (Lipinski definition) is 2. The SMILES string of the molecule is CC(C)(C)C1CC(S(C)(=O)=O)CC1C(C)(C)C. The van der Waals surface area contributed by atoms with Gasteiger partial charge in [-0.3, -0.25) is 0 Å². The maximum Gasteiger partial charge on any atom is 0.150 e. The number of sulfone groups is 1. The molecule has 2 nitrogen and oxygen atoms in total. The fraction of sp³-hybridized carbons (Fsp3) is 1.00. The molecule has 102 valence electrons. The van der Waals surface area contributed by atoms with Crippen LogP contribution in [0.5, 0.6) is 0 Å². The third kappa shape index (κ3) is 3.46. The van der Waals surface area contributed by atoms with E-state index in [4.69, 9.17) is 0 Å². The zero-order valence-corrected chi connectivity index (χ0v) is 13.2. The van der Waals surface area contributed by atoms with Crippen LogP contribution in [-0.2, 0) is 9.84 Å². The van der Waals surface area contributed by atoms with E-state index in [1.54, 1.807) is 0 Å². The van der Waals surface area contributed by atoms with Gasteiger partial charge < -0.3 is 0 Å². The van der Waals surface area contributed by atoms with E-state index in [2.05, 4.69) is 41.5 Å². The van der Waals surface area contributed by atoms with Crippen molar-refractivity contribution in [3.8, 4) is 0 Å². The Hall–Kier alpha value is -0.0500. The minimum atomic E-state index is -2.89. The molecular formula is C14H28O2S. The molecule has 1 aliphatic carbocycles. The van der Waals surface area contributed by atoms with E-state index < -0.39 is 9.84 Å². The summed E-state index contributed by atoms with van der Waals surface area (Å²) < 4.78 is 23.6. The van der Waals surface area contributed by atoms with Gasteiger partial charge in [0.1, 0.15) is 9.84 Å². The van der Waals surface area contributed by atoms with E-state index in [-0.39, 0.29) is 16.1 Å². The van der Waals surface area contributed by atoms with E-state index >= 15 is 0 Å². The predicted molar refractivity (Wildman–Crippen MR) is 73.8 cm³/mol. The van der Waals surface area contributed by atoms with Crippen LogP contribution in [0.15, 0.2) is 0 Å². The van der Waals surface area contributed by atoms with E-state index in [0.29, 0.717) is 11.8 Å². The largest absolute Gasteiger partial charge is 0.229 e. The van der Waals surface area contributed by atoms with E-state index in [1.165, 1.54) is 6.26 Å². The summed E-state index contributed by atoms with van der Waals surface area (Å²) in [4.78, 5) is 0. The Kier molecular flexibility index (Phi) is 3.76. The van der Waals surface area contributed by atoms with Gasteiger partial charge >= 0.3 is 0 Å². The lowest BCUT2D eigenvalue weighted by Gasteiger charge is -2.39. The molecule has 0 amide bonds. The fourth-order valence-corrected chi connectivity index (χ4v) is 4.37. The van der Waals surface area contributed by atoms with Crippen molar-refractivity contribution in [3.63, 3.8) is 0 Å². The molecule has 0 saturated heterocycles. The highest BCUT2D eigenvalue weighted by atomic mass is 32.2. The van der Waals surface area contributed by atoms with Crippen LogP contribution in [0.4, 0.5) is 0 Å². The second kappa shape index (κ2) is 4.25. The summed E-state index contributed by atoms with van der Waals surface area (Å²) in [6.07, 6.45) is 3.07. The Balaban J connectivity index is 3.04. The fourth-order valence-electron chi connectivity index (χ4n) is 3.26. The highest BCUT2D eigenvalue weighted by Crippen LogP contribution is 2.52. The molecule has 0 aliphatic heterocycles. The zero-order chi connectivity index (χ0) is 13.6. The first-order valence-corrected chi connectivity index (χ1v) is 8.48. The van der Waals surface area contributed by atoms with Crippen LogP contribution < -0.4 is 0 Å². The lowest BCUT2D eigenvalue weighted by Crippen LogP contribution is -2.32. The molecule has 3 heteroatoms. The average molecular weight is 260 g/mol. The molecule has 1 saturated carbocycles. The molecule has 0 aromatic rings. The number of rotatable bonds is 1. The summed E-state index contributed by atoms with van der Waals surface area (Å²) in [6, 6.07) is 0. The van der Waals surface area contributed by atoms with Crippen molar-refractivity contribution >= 4 is 9.84 Å². The molecule has 0 bridgehead atoms. The molecular weight excluding hydrogens is 232 g/mol. The van der Waals surface area contributed by atoms with Gasteiger partial charge in [-0.15, -0.1) is 0 Å². The molecule has 1 aliphatic rings. The maximum absolute atomic E-state index is 11.8. The van der Waals surface area contributed by atoms with Gasteiger partial charge in [0.15, 0.2) is 0 Å². The molecule has 0 aromatic carbocycles. The van der Waals surface area contributed by atoms with Crippen molar-refractivity contribution in [2.24, 2.45) is 22.7 Å². The third-order valence-electron chi connectivity index (χ3n) is 4.35. The van der Waals surface area contributed by atoms with Gasteiger partial charge in [0.25, 0.3) is 0 Å². The van der Waals surface area contributed by atoms with Gasteiger partial charge in [0, 0.05) is 6.26 Å². The van der Waals surface area contributed by atoms with Gasteiger partial charge in [0.2, 0.25) is 0 Å². The zero-order valence-electron chi connectivity index (χ0n) is 12.4. The first-order chi connectivity index (χ1) is 7.33. The van der Waals surface area contributed by atoms with Crippen LogP contribution in [0, 0.1) is 22.7 Å². The van der Waals surface area contributed by atoms with Crippen molar-refractivity contribution in [2.45, 2.75) is 59.6 Å². The van der Waals surface area contributed by atoms with Crippen molar-refractivity contribution in [2.75, 3.05) is 6.26 Å². The molecule has 0 N–H and O–H groups in total. The van der Waals surface area contributed by atoms with Crippen molar-refractivity contribution in [3.05, 3.63) is 0 Å². The Labute approximate surface area is 107 Å². The molecule has 2 unspecified atom stereocenters. The van der Waals surface area contributed by atoms with E-state index in [1.807, 2.05) is 0 Å². The Morgan fingerprint density at radius 3 is 1.29 bits per heavy atom. The van der Waals surface area contributed by atoms with Crippen molar-refractivity contribution in [1.82, 2.24) is 0 Å². The standard InChI is InChI=1S/C14H28O2S/c1-13(2,3)11-8-10(17(7,15)16)9-12(11)14(4,5)6/h10-12H,8-9H2,1-7H3. The van der Waals surface area contributed by atoms with Crippen molar-refractivity contribution in [1.29, 1.82) is 0 Å². The maximum atomic E-state index is 11.8. The first-order valence-electron chi connectivity index (χ1n) is 6.52. The van der Waals surface area contributed by atoms with Gasteiger partial charge in [-0.2, -0.15) is 0 Å². The highest BCUT2D eigenvalue weighted by molar-refractivity contribution is 7.91. The lowest BCUT2D eigenvalue weighted by molar-refractivity contribution is 0.0992. The highest BCUT2D eigenvalue weighted by Gasteiger charge is 2.48. The molecule has 17 heavy (non-hydrogen) atoms. The van der Waals surface area contributed by atoms with E-state index in [0.717, 1.165) is 12.8 Å². The second-order valence-corrected chi connectivity index (χ2v) is 10.2. The van der Waals surface area contributed by atoms with Gasteiger partial charge in [-0.25, -0.2) is 8.42 Å². The summed E-state index contributed by atoms with van der Waals surface area (Å²) >= 11 is 0. The van der Waals surface area contributed by atoms with Crippen LogP contribution in [0.25, 0.3) is 0 Å². The molecule has 0 spiro atoms. The Morgan fingerprint density at radius 1 is 0.824 bits per heavy atom. The molecule has 0 radical (unpaired) electrons. The average Bonchev–Trinajstić information content (AvgIpc) is 2.42. The predicted octanol–water partition coefficient (Wildman–Crippen LogP) is 3.52. The summed E-state index contributed by atoms with van der Waals surface area (Å²) in [5, 5.41) is -0.129. The third-order valence-corrected chi connectivity index (χ3v) is 5.95. The molecule has 2 atom stereocenters. The molecule has 0 aromatic heterocycles. The smallest absolute Gasteiger partial charge is 0.150 e. The van der Waals surface area contributed by atoms with Gasteiger partial charge in [0.05, 0.1) is 5.25 Å². The number of hydrogen-bond donors (Lipinski definition) is 0. The van der Waals surface area contributed by atoms with Crippen LogP contribution in [-0.4, -0.2) is 19.9 Å². The topological polar surface area (TPSA) is 34.1 Å². The minimum Gasteiger partial charge on any atom is -0.229 e.